The van der Waals surface area contributed by atoms with Crippen molar-refractivity contribution in [2.45, 2.75) is 52.2 Å². The summed E-state index contributed by atoms with van der Waals surface area (Å²) in [4.78, 5) is 8.28. The molecule has 0 amide bonds. The summed E-state index contributed by atoms with van der Waals surface area (Å²) in [5.74, 6) is 3.01. The quantitative estimate of drug-likeness (QED) is 0.668. The number of nitrogens with one attached hydrogen (secondary N) is 1. The SMILES string of the molecule is CCNC(=NCc1nnc2n1CCCCC2)N(C)Cc1cccs1. The first-order valence-corrected chi connectivity index (χ1v) is 9.58. The largest absolute Gasteiger partial charge is 0.357 e. The van der Waals surface area contributed by atoms with Crippen molar-refractivity contribution in [3.8, 4) is 0 Å². The summed E-state index contributed by atoms with van der Waals surface area (Å²) in [5, 5.41) is 14.2. The van der Waals surface area contributed by atoms with E-state index < -0.39 is 0 Å². The summed E-state index contributed by atoms with van der Waals surface area (Å²) < 4.78 is 2.26. The summed E-state index contributed by atoms with van der Waals surface area (Å²) in [6.07, 6.45) is 4.74. The Balaban J connectivity index is 1.70. The highest BCUT2D eigenvalue weighted by Crippen LogP contribution is 2.15. The van der Waals surface area contributed by atoms with E-state index in [1.165, 1.54) is 24.1 Å². The Morgan fingerprint density at radius 2 is 2.29 bits per heavy atom. The van der Waals surface area contributed by atoms with E-state index in [1.807, 2.05) is 0 Å². The van der Waals surface area contributed by atoms with Crippen LogP contribution in [-0.2, 0) is 26.1 Å². The lowest BCUT2D eigenvalue weighted by Gasteiger charge is -2.21. The number of guanidine groups is 1. The molecule has 0 unspecified atom stereocenters. The van der Waals surface area contributed by atoms with E-state index in [4.69, 9.17) is 4.99 Å². The maximum absolute atomic E-state index is 4.79. The highest BCUT2D eigenvalue weighted by Gasteiger charge is 2.15. The molecule has 130 valence electrons. The molecular weight excluding hydrogens is 320 g/mol. The van der Waals surface area contributed by atoms with Gasteiger partial charge in [0.15, 0.2) is 11.8 Å². The van der Waals surface area contributed by atoms with Gasteiger partial charge >= 0.3 is 0 Å². The van der Waals surface area contributed by atoms with Crippen LogP contribution in [0.4, 0.5) is 0 Å². The molecule has 0 radical (unpaired) electrons. The number of aryl methyl sites for hydroxylation is 1. The van der Waals surface area contributed by atoms with Crippen LogP contribution in [0.15, 0.2) is 22.5 Å². The highest BCUT2D eigenvalue weighted by atomic mass is 32.1. The van der Waals surface area contributed by atoms with Gasteiger partial charge in [0.1, 0.15) is 12.4 Å². The summed E-state index contributed by atoms with van der Waals surface area (Å²) in [5.41, 5.74) is 0. The normalized spacial score (nSPS) is 15.0. The van der Waals surface area contributed by atoms with E-state index in [0.29, 0.717) is 6.54 Å². The fraction of sp³-hybridized carbons (Fsp3) is 0.588. The van der Waals surface area contributed by atoms with Gasteiger partial charge in [0.05, 0.1) is 6.54 Å². The van der Waals surface area contributed by atoms with Gasteiger partial charge in [-0.3, -0.25) is 0 Å². The Bertz CT molecular complexity index is 661. The van der Waals surface area contributed by atoms with Gasteiger partial charge < -0.3 is 14.8 Å². The van der Waals surface area contributed by atoms with Crippen molar-refractivity contribution in [1.82, 2.24) is 25.0 Å². The molecule has 2 aromatic heterocycles. The standard InChI is InChI=1S/C17H26N6S/c1-3-18-17(22(2)13-14-8-7-11-24-14)19-12-16-21-20-15-9-5-4-6-10-23(15)16/h7-8,11H,3-6,9-10,12-13H2,1-2H3,(H,18,19). The zero-order chi connectivity index (χ0) is 16.8. The van der Waals surface area contributed by atoms with E-state index in [1.54, 1.807) is 11.3 Å². The van der Waals surface area contributed by atoms with E-state index in [9.17, 15) is 0 Å². The van der Waals surface area contributed by atoms with Gasteiger partial charge in [0, 0.05) is 31.4 Å². The van der Waals surface area contributed by atoms with Gasteiger partial charge in [0.25, 0.3) is 0 Å². The fourth-order valence-corrected chi connectivity index (χ4v) is 3.75. The zero-order valence-corrected chi connectivity index (χ0v) is 15.3. The molecule has 1 aliphatic rings. The lowest BCUT2D eigenvalue weighted by atomic mass is 10.2. The number of rotatable bonds is 5. The van der Waals surface area contributed by atoms with Gasteiger partial charge in [-0.1, -0.05) is 12.5 Å². The van der Waals surface area contributed by atoms with E-state index in [2.05, 4.69) is 56.5 Å². The van der Waals surface area contributed by atoms with E-state index in [-0.39, 0.29) is 0 Å². The van der Waals surface area contributed by atoms with E-state index >= 15 is 0 Å². The minimum atomic E-state index is 0.574. The van der Waals surface area contributed by atoms with Crippen LogP contribution in [0.2, 0.25) is 0 Å². The van der Waals surface area contributed by atoms with Crippen molar-refractivity contribution in [1.29, 1.82) is 0 Å². The molecule has 1 N–H and O–H groups in total. The molecule has 0 fully saturated rings. The van der Waals surface area contributed by atoms with Crippen LogP contribution in [0.1, 0.15) is 42.7 Å². The molecule has 0 bridgehead atoms. The second-order valence-corrected chi connectivity index (χ2v) is 7.13. The van der Waals surface area contributed by atoms with Crippen LogP contribution in [0.3, 0.4) is 0 Å². The molecule has 3 rings (SSSR count). The summed E-state index contributed by atoms with van der Waals surface area (Å²) in [6, 6.07) is 4.24. The number of thiophene rings is 1. The van der Waals surface area contributed by atoms with Gasteiger partial charge in [-0.05, 0) is 31.2 Å². The summed E-state index contributed by atoms with van der Waals surface area (Å²) in [7, 11) is 2.07. The molecule has 1 aliphatic heterocycles. The number of aromatic nitrogens is 3. The number of fused-ring (bicyclic) bond motifs is 1. The zero-order valence-electron chi connectivity index (χ0n) is 14.5. The van der Waals surface area contributed by atoms with Crippen LogP contribution in [0, 0.1) is 0 Å². The van der Waals surface area contributed by atoms with Gasteiger partial charge in [-0.15, -0.1) is 21.5 Å². The van der Waals surface area contributed by atoms with Crippen molar-refractivity contribution in [3.63, 3.8) is 0 Å². The minimum Gasteiger partial charge on any atom is -0.357 e. The molecule has 0 aliphatic carbocycles. The molecular formula is C17H26N6S. The Kier molecular flexibility index (Phi) is 5.85. The molecule has 2 aromatic rings. The first-order chi connectivity index (χ1) is 11.8. The average molecular weight is 347 g/mol. The summed E-state index contributed by atoms with van der Waals surface area (Å²) in [6.45, 7) is 5.41. The van der Waals surface area contributed by atoms with Crippen molar-refractivity contribution in [3.05, 3.63) is 34.0 Å². The number of nitrogens with zero attached hydrogens (tertiary/aromatic N) is 5. The summed E-state index contributed by atoms with van der Waals surface area (Å²) >= 11 is 1.77. The lowest BCUT2D eigenvalue weighted by Crippen LogP contribution is -2.38. The van der Waals surface area contributed by atoms with Crippen molar-refractivity contribution in [2.24, 2.45) is 4.99 Å². The van der Waals surface area contributed by atoms with Crippen LogP contribution >= 0.6 is 11.3 Å². The first-order valence-electron chi connectivity index (χ1n) is 8.70. The van der Waals surface area contributed by atoms with Crippen LogP contribution < -0.4 is 5.32 Å². The monoisotopic (exact) mass is 346 g/mol. The third-order valence-electron chi connectivity index (χ3n) is 4.23. The van der Waals surface area contributed by atoms with Gasteiger partial charge in [-0.25, -0.2) is 4.99 Å². The Morgan fingerprint density at radius 1 is 1.38 bits per heavy atom. The molecule has 0 atom stereocenters. The second kappa shape index (κ2) is 8.28. The number of hydrogen-bond acceptors (Lipinski definition) is 4. The second-order valence-electron chi connectivity index (χ2n) is 6.10. The topological polar surface area (TPSA) is 58.3 Å². The van der Waals surface area contributed by atoms with Crippen molar-refractivity contribution < 1.29 is 0 Å². The Morgan fingerprint density at radius 3 is 3.08 bits per heavy atom. The molecule has 0 saturated heterocycles. The van der Waals surface area contributed by atoms with Gasteiger partial charge in [0.2, 0.25) is 0 Å². The lowest BCUT2D eigenvalue weighted by molar-refractivity contribution is 0.480. The fourth-order valence-electron chi connectivity index (χ4n) is 2.99. The third kappa shape index (κ3) is 4.14. The van der Waals surface area contributed by atoms with Crippen molar-refractivity contribution >= 4 is 17.3 Å². The van der Waals surface area contributed by atoms with Crippen LogP contribution in [-0.4, -0.2) is 39.2 Å². The van der Waals surface area contributed by atoms with Crippen LogP contribution in [0.5, 0.6) is 0 Å². The van der Waals surface area contributed by atoms with Crippen molar-refractivity contribution in [2.75, 3.05) is 13.6 Å². The predicted octanol–water partition coefficient (Wildman–Crippen LogP) is 2.66. The highest BCUT2D eigenvalue weighted by molar-refractivity contribution is 7.09. The van der Waals surface area contributed by atoms with Gasteiger partial charge in [-0.2, -0.15) is 0 Å². The smallest absolute Gasteiger partial charge is 0.194 e. The molecule has 3 heterocycles. The average Bonchev–Trinajstić information content (AvgIpc) is 3.16. The molecule has 0 aromatic carbocycles. The van der Waals surface area contributed by atoms with E-state index in [0.717, 1.165) is 43.7 Å². The predicted molar refractivity (Wildman–Crippen MR) is 98.2 cm³/mol. The van der Waals surface area contributed by atoms with Crippen LogP contribution in [0.25, 0.3) is 0 Å². The minimum absolute atomic E-state index is 0.574. The molecule has 7 heteroatoms. The Labute approximate surface area is 147 Å². The number of hydrogen-bond donors (Lipinski definition) is 1. The Hall–Kier alpha value is -1.89. The molecule has 6 nitrogen and oxygen atoms in total. The molecule has 0 spiro atoms. The molecule has 0 saturated carbocycles. The molecule has 24 heavy (non-hydrogen) atoms. The number of aliphatic imine (C=N–C) groups is 1. The maximum Gasteiger partial charge on any atom is 0.194 e. The first kappa shape index (κ1) is 17.0. The third-order valence-corrected chi connectivity index (χ3v) is 5.09. The maximum atomic E-state index is 4.79.